The maximum Gasteiger partial charge on any atom is 0.122 e. The van der Waals surface area contributed by atoms with Gasteiger partial charge in [0.2, 0.25) is 0 Å². The molecule has 19 heavy (non-hydrogen) atoms. The van der Waals surface area contributed by atoms with Crippen molar-refractivity contribution in [1.82, 2.24) is 0 Å². The fourth-order valence-electron chi connectivity index (χ4n) is 1.78. The Bertz CT molecular complexity index is 508. The molecule has 3 nitrogen and oxygen atoms in total. The molecule has 2 aromatic rings. The van der Waals surface area contributed by atoms with Gasteiger partial charge in [-0.15, -0.1) is 0 Å². The van der Waals surface area contributed by atoms with Crippen LogP contribution in [-0.2, 0) is 0 Å². The number of hydrogen-bond acceptors (Lipinski definition) is 3. The lowest BCUT2D eigenvalue weighted by atomic mass is 10.2. The molecule has 2 aromatic carbocycles. The molecule has 0 saturated carbocycles. The Kier molecular flexibility index (Phi) is 4.67. The van der Waals surface area contributed by atoms with Crippen LogP contribution >= 0.6 is 0 Å². The van der Waals surface area contributed by atoms with Crippen molar-refractivity contribution in [2.24, 2.45) is 0 Å². The van der Waals surface area contributed by atoms with Crippen molar-refractivity contribution in [2.45, 2.75) is 6.92 Å². The van der Waals surface area contributed by atoms with Crippen molar-refractivity contribution in [3.63, 3.8) is 0 Å². The normalized spacial score (nSPS) is 10.0. The molecule has 3 heteroatoms. The van der Waals surface area contributed by atoms with E-state index in [0.29, 0.717) is 6.61 Å². The number of benzene rings is 2. The van der Waals surface area contributed by atoms with Crippen LogP contribution in [0.25, 0.3) is 0 Å². The summed E-state index contributed by atoms with van der Waals surface area (Å²) in [6, 6.07) is 15.9. The summed E-state index contributed by atoms with van der Waals surface area (Å²) in [5.74, 6) is 1.81. The maximum atomic E-state index is 5.72. The average Bonchev–Trinajstić information content (AvgIpc) is 2.46. The van der Waals surface area contributed by atoms with Gasteiger partial charge in [-0.05, 0) is 42.8 Å². The second-order valence-electron chi connectivity index (χ2n) is 4.27. The third-order valence-corrected chi connectivity index (χ3v) is 2.87. The zero-order valence-electron chi connectivity index (χ0n) is 11.3. The van der Waals surface area contributed by atoms with E-state index < -0.39 is 0 Å². The Labute approximate surface area is 114 Å². The summed E-state index contributed by atoms with van der Waals surface area (Å²) >= 11 is 0. The van der Waals surface area contributed by atoms with Crippen molar-refractivity contribution in [1.29, 1.82) is 0 Å². The second kappa shape index (κ2) is 6.69. The van der Waals surface area contributed by atoms with Crippen molar-refractivity contribution in [3.05, 3.63) is 54.1 Å². The minimum atomic E-state index is 0.636. The van der Waals surface area contributed by atoms with E-state index in [0.717, 1.165) is 29.3 Å². The molecule has 0 spiro atoms. The zero-order valence-corrected chi connectivity index (χ0v) is 11.3. The molecule has 1 N–H and O–H groups in total. The lowest BCUT2D eigenvalue weighted by Crippen LogP contribution is -2.11. The van der Waals surface area contributed by atoms with Crippen LogP contribution < -0.4 is 14.8 Å². The van der Waals surface area contributed by atoms with Crippen LogP contribution in [0.4, 0.5) is 5.69 Å². The number of anilines is 1. The Morgan fingerprint density at radius 2 is 1.74 bits per heavy atom. The summed E-state index contributed by atoms with van der Waals surface area (Å²) in [6.07, 6.45) is 0. The molecule has 0 bridgehead atoms. The summed E-state index contributed by atoms with van der Waals surface area (Å²) in [5, 5.41) is 3.31. The van der Waals surface area contributed by atoms with E-state index in [9.17, 15) is 0 Å². The van der Waals surface area contributed by atoms with Crippen molar-refractivity contribution >= 4 is 5.69 Å². The van der Waals surface area contributed by atoms with Crippen LogP contribution in [0.15, 0.2) is 48.5 Å². The third kappa shape index (κ3) is 3.91. The van der Waals surface area contributed by atoms with Crippen molar-refractivity contribution < 1.29 is 9.47 Å². The monoisotopic (exact) mass is 257 g/mol. The van der Waals surface area contributed by atoms with E-state index in [1.54, 1.807) is 7.11 Å². The first-order valence-corrected chi connectivity index (χ1v) is 6.36. The zero-order chi connectivity index (χ0) is 13.5. The van der Waals surface area contributed by atoms with Gasteiger partial charge in [0, 0.05) is 12.2 Å². The largest absolute Gasteiger partial charge is 0.497 e. The first-order valence-electron chi connectivity index (χ1n) is 6.36. The van der Waals surface area contributed by atoms with E-state index in [4.69, 9.17) is 9.47 Å². The van der Waals surface area contributed by atoms with Gasteiger partial charge < -0.3 is 14.8 Å². The van der Waals surface area contributed by atoms with Crippen LogP contribution in [0.1, 0.15) is 5.56 Å². The fraction of sp³-hybridized carbons (Fsp3) is 0.250. The minimum Gasteiger partial charge on any atom is -0.497 e. The lowest BCUT2D eigenvalue weighted by molar-refractivity contribution is 0.330. The summed E-state index contributed by atoms with van der Waals surface area (Å²) in [6.45, 7) is 3.45. The highest BCUT2D eigenvalue weighted by atomic mass is 16.5. The number of aryl methyl sites for hydroxylation is 1. The highest BCUT2D eigenvalue weighted by Crippen LogP contribution is 2.16. The fourth-order valence-corrected chi connectivity index (χ4v) is 1.78. The van der Waals surface area contributed by atoms with E-state index in [1.807, 2.05) is 55.5 Å². The number of para-hydroxylation sites is 1. The SMILES string of the molecule is COc1ccc(NCCOc2ccccc2C)cc1. The predicted molar refractivity (Wildman–Crippen MR) is 78.2 cm³/mol. The molecule has 0 aliphatic heterocycles. The van der Waals surface area contributed by atoms with E-state index in [2.05, 4.69) is 5.32 Å². The van der Waals surface area contributed by atoms with Gasteiger partial charge in [-0.1, -0.05) is 18.2 Å². The van der Waals surface area contributed by atoms with Gasteiger partial charge >= 0.3 is 0 Å². The second-order valence-corrected chi connectivity index (χ2v) is 4.27. The van der Waals surface area contributed by atoms with E-state index in [-0.39, 0.29) is 0 Å². The Hall–Kier alpha value is -2.16. The standard InChI is InChI=1S/C16H19NO2/c1-13-5-3-4-6-16(13)19-12-11-17-14-7-9-15(18-2)10-8-14/h3-10,17H,11-12H2,1-2H3. The lowest BCUT2D eigenvalue weighted by Gasteiger charge is -2.10. The van der Waals surface area contributed by atoms with Crippen molar-refractivity contribution in [3.8, 4) is 11.5 Å². The molecule has 0 aliphatic rings. The molecule has 2 rings (SSSR count). The van der Waals surface area contributed by atoms with Crippen molar-refractivity contribution in [2.75, 3.05) is 25.6 Å². The van der Waals surface area contributed by atoms with E-state index >= 15 is 0 Å². The quantitative estimate of drug-likeness (QED) is 0.803. The number of methoxy groups -OCH3 is 1. The summed E-state index contributed by atoms with van der Waals surface area (Å²) in [7, 11) is 1.67. The van der Waals surface area contributed by atoms with Gasteiger partial charge in [-0.2, -0.15) is 0 Å². The Balaban J connectivity index is 1.76. The third-order valence-electron chi connectivity index (χ3n) is 2.87. The number of nitrogens with one attached hydrogen (secondary N) is 1. The maximum absolute atomic E-state index is 5.72. The van der Waals surface area contributed by atoms with Crippen LogP contribution in [-0.4, -0.2) is 20.3 Å². The Morgan fingerprint density at radius 1 is 1.00 bits per heavy atom. The van der Waals surface area contributed by atoms with E-state index in [1.165, 1.54) is 0 Å². The van der Waals surface area contributed by atoms with Crippen LogP contribution in [0.3, 0.4) is 0 Å². The highest BCUT2D eigenvalue weighted by Gasteiger charge is 1.97. The van der Waals surface area contributed by atoms with Crippen LogP contribution in [0, 0.1) is 6.92 Å². The van der Waals surface area contributed by atoms with Crippen LogP contribution in [0.2, 0.25) is 0 Å². The molecule has 0 unspecified atom stereocenters. The first kappa shape index (κ1) is 13.3. The van der Waals surface area contributed by atoms with Gasteiger partial charge in [0.15, 0.2) is 0 Å². The van der Waals surface area contributed by atoms with Crippen LogP contribution in [0.5, 0.6) is 11.5 Å². The molecule has 0 amide bonds. The van der Waals surface area contributed by atoms with Gasteiger partial charge in [0.1, 0.15) is 18.1 Å². The van der Waals surface area contributed by atoms with Gasteiger partial charge in [-0.25, -0.2) is 0 Å². The molecule has 0 aliphatic carbocycles. The highest BCUT2D eigenvalue weighted by molar-refractivity contribution is 5.46. The molecule has 100 valence electrons. The summed E-state index contributed by atoms with van der Waals surface area (Å²) in [4.78, 5) is 0. The average molecular weight is 257 g/mol. The van der Waals surface area contributed by atoms with Gasteiger partial charge in [-0.3, -0.25) is 0 Å². The first-order chi connectivity index (χ1) is 9.29. The molecular formula is C16H19NO2. The number of rotatable bonds is 6. The summed E-state index contributed by atoms with van der Waals surface area (Å²) < 4.78 is 10.8. The molecular weight excluding hydrogens is 238 g/mol. The number of hydrogen-bond donors (Lipinski definition) is 1. The molecule has 0 aromatic heterocycles. The minimum absolute atomic E-state index is 0.636. The topological polar surface area (TPSA) is 30.5 Å². The molecule has 0 saturated heterocycles. The molecule has 0 fully saturated rings. The Morgan fingerprint density at radius 3 is 2.42 bits per heavy atom. The van der Waals surface area contributed by atoms with Gasteiger partial charge in [0.05, 0.1) is 7.11 Å². The number of ether oxygens (including phenoxy) is 2. The smallest absolute Gasteiger partial charge is 0.122 e. The predicted octanol–water partition coefficient (Wildman–Crippen LogP) is 3.49. The molecule has 0 heterocycles. The molecule has 0 radical (unpaired) electrons. The molecule has 0 atom stereocenters. The van der Waals surface area contributed by atoms with Gasteiger partial charge in [0.25, 0.3) is 0 Å². The summed E-state index contributed by atoms with van der Waals surface area (Å²) in [5.41, 5.74) is 2.22.